The number of nitrogens with one attached hydrogen (secondary N) is 1. The summed E-state index contributed by atoms with van der Waals surface area (Å²) in [6, 6.07) is 16.3. The topological polar surface area (TPSA) is 72.7 Å². The molecule has 2 heterocycles. The second-order valence-electron chi connectivity index (χ2n) is 7.98. The minimum Gasteiger partial charge on any atom is -0.326 e. The van der Waals surface area contributed by atoms with Gasteiger partial charge in [-0.1, -0.05) is 47.7 Å². The van der Waals surface area contributed by atoms with Crippen LogP contribution in [0.25, 0.3) is 16.3 Å². The van der Waals surface area contributed by atoms with E-state index in [1.54, 1.807) is 23.1 Å². The molecule has 1 saturated carbocycles. The number of rotatable bonds is 7. The molecular formula is C24H23N5OS2. The molecule has 1 amide bonds. The lowest BCUT2D eigenvalue weighted by molar-refractivity contribution is -0.114. The fourth-order valence-corrected chi connectivity index (χ4v) is 5.27. The molecule has 1 N–H and O–H groups in total. The van der Waals surface area contributed by atoms with Gasteiger partial charge in [0.25, 0.3) is 0 Å². The predicted molar refractivity (Wildman–Crippen MR) is 129 cm³/mol. The highest BCUT2D eigenvalue weighted by molar-refractivity contribution is 7.98. The van der Waals surface area contributed by atoms with Crippen LogP contribution >= 0.6 is 23.1 Å². The molecule has 0 radical (unpaired) electrons. The van der Waals surface area contributed by atoms with Crippen molar-refractivity contribution in [3.05, 3.63) is 71.0 Å². The molecule has 8 heteroatoms. The van der Waals surface area contributed by atoms with Gasteiger partial charge in [0.2, 0.25) is 5.91 Å². The molecule has 0 atom stereocenters. The van der Waals surface area contributed by atoms with Gasteiger partial charge in [-0.15, -0.1) is 21.5 Å². The molecule has 6 nitrogen and oxygen atoms in total. The number of carbonyl (C=O) groups is 1. The SMILES string of the molecule is CC(=O)Nc1cccc(-n2c(SCc3csc(-c4ccc(C)cc4)n3)nnc2C2CC2)c1. The number of hydrogen-bond acceptors (Lipinski definition) is 6. The summed E-state index contributed by atoms with van der Waals surface area (Å²) in [5, 5.41) is 15.9. The van der Waals surface area contributed by atoms with Crippen molar-refractivity contribution in [3.8, 4) is 16.3 Å². The van der Waals surface area contributed by atoms with Crippen molar-refractivity contribution in [3.63, 3.8) is 0 Å². The molecule has 1 aliphatic carbocycles. The smallest absolute Gasteiger partial charge is 0.221 e. The molecule has 0 unspecified atom stereocenters. The summed E-state index contributed by atoms with van der Waals surface area (Å²) in [5.41, 5.74) is 5.15. The van der Waals surface area contributed by atoms with Crippen LogP contribution in [0, 0.1) is 6.92 Å². The summed E-state index contributed by atoms with van der Waals surface area (Å²) in [6.07, 6.45) is 2.28. The molecule has 0 bridgehead atoms. The van der Waals surface area contributed by atoms with Crippen molar-refractivity contribution in [2.24, 2.45) is 0 Å². The van der Waals surface area contributed by atoms with E-state index in [1.807, 2.05) is 24.3 Å². The first kappa shape index (κ1) is 20.9. The third-order valence-electron chi connectivity index (χ3n) is 5.23. The monoisotopic (exact) mass is 461 g/mol. The second-order valence-corrected chi connectivity index (χ2v) is 9.78. The third-order valence-corrected chi connectivity index (χ3v) is 7.13. The average molecular weight is 462 g/mol. The average Bonchev–Trinajstić information content (AvgIpc) is 3.36. The number of aromatic nitrogens is 4. The lowest BCUT2D eigenvalue weighted by Gasteiger charge is -2.11. The lowest BCUT2D eigenvalue weighted by Crippen LogP contribution is -2.07. The number of amides is 1. The second kappa shape index (κ2) is 8.88. The van der Waals surface area contributed by atoms with Crippen molar-refractivity contribution in [2.45, 2.75) is 43.5 Å². The van der Waals surface area contributed by atoms with E-state index < -0.39 is 0 Å². The molecule has 0 aliphatic heterocycles. The Labute approximate surface area is 195 Å². The first-order chi connectivity index (χ1) is 15.6. The number of anilines is 1. The van der Waals surface area contributed by atoms with Crippen molar-refractivity contribution in [1.82, 2.24) is 19.7 Å². The Kier molecular flexibility index (Phi) is 5.80. The molecule has 1 fully saturated rings. The third kappa shape index (κ3) is 4.61. The first-order valence-corrected chi connectivity index (χ1v) is 12.4. The molecule has 4 aromatic rings. The van der Waals surface area contributed by atoms with Crippen LogP contribution < -0.4 is 5.32 Å². The molecule has 2 aromatic carbocycles. The van der Waals surface area contributed by atoms with E-state index in [-0.39, 0.29) is 5.91 Å². The Hall–Kier alpha value is -2.97. The van der Waals surface area contributed by atoms with Gasteiger partial charge >= 0.3 is 0 Å². The summed E-state index contributed by atoms with van der Waals surface area (Å²) < 4.78 is 2.13. The number of benzene rings is 2. The van der Waals surface area contributed by atoms with E-state index in [0.29, 0.717) is 5.92 Å². The maximum absolute atomic E-state index is 11.5. The Morgan fingerprint density at radius 2 is 2.00 bits per heavy atom. The quantitative estimate of drug-likeness (QED) is 0.351. The molecule has 0 saturated heterocycles. The van der Waals surface area contributed by atoms with Gasteiger partial charge in [-0.05, 0) is 38.0 Å². The Balaban J connectivity index is 1.38. The summed E-state index contributed by atoms with van der Waals surface area (Å²) in [5.74, 6) is 2.08. The van der Waals surface area contributed by atoms with Crippen LogP contribution in [0.1, 0.15) is 42.8 Å². The Morgan fingerprint density at radius 3 is 2.75 bits per heavy atom. The minimum atomic E-state index is -0.0872. The largest absolute Gasteiger partial charge is 0.326 e. The fourth-order valence-electron chi connectivity index (χ4n) is 3.49. The van der Waals surface area contributed by atoms with Crippen LogP contribution in [-0.2, 0) is 10.5 Å². The van der Waals surface area contributed by atoms with Crippen molar-refractivity contribution in [1.29, 1.82) is 0 Å². The number of thiazole rings is 1. The fraction of sp³-hybridized carbons (Fsp3) is 0.250. The van der Waals surface area contributed by atoms with Gasteiger partial charge in [0.15, 0.2) is 5.16 Å². The maximum atomic E-state index is 11.5. The van der Waals surface area contributed by atoms with Gasteiger partial charge < -0.3 is 5.32 Å². The Bertz CT molecular complexity index is 1260. The van der Waals surface area contributed by atoms with Crippen molar-refractivity contribution < 1.29 is 4.79 Å². The van der Waals surface area contributed by atoms with E-state index in [0.717, 1.165) is 57.2 Å². The number of carbonyl (C=O) groups excluding carboxylic acids is 1. The summed E-state index contributed by atoms with van der Waals surface area (Å²) in [7, 11) is 0. The van der Waals surface area contributed by atoms with Crippen LogP contribution in [0.3, 0.4) is 0 Å². The number of nitrogens with zero attached hydrogens (tertiary/aromatic N) is 4. The van der Waals surface area contributed by atoms with Crippen molar-refractivity contribution in [2.75, 3.05) is 5.32 Å². The van der Waals surface area contributed by atoms with Crippen LogP contribution in [0.5, 0.6) is 0 Å². The first-order valence-electron chi connectivity index (χ1n) is 10.5. The maximum Gasteiger partial charge on any atom is 0.221 e. The molecular weight excluding hydrogens is 438 g/mol. The highest BCUT2D eigenvalue weighted by Gasteiger charge is 2.31. The Morgan fingerprint density at radius 1 is 1.19 bits per heavy atom. The molecule has 2 aromatic heterocycles. The van der Waals surface area contributed by atoms with E-state index in [1.165, 1.54) is 12.5 Å². The molecule has 162 valence electrons. The van der Waals surface area contributed by atoms with Crippen molar-refractivity contribution >= 4 is 34.7 Å². The van der Waals surface area contributed by atoms with Gasteiger partial charge in [0, 0.05) is 35.2 Å². The van der Waals surface area contributed by atoms with Gasteiger partial charge in [-0.2, -0.15) is 0 Å². The van der Waals surface area contributed by atoms with Gasteiger partial charge in [-0.25, -0.2) is 4.98 Å². The van der Waals surface area contributed by atoms with Crippen LogP contribution in [0.4, 0.5) is 5.69 Å². The number of thioether (sulfide) groups is 1. The number of aryl methyl sites for hydroxylation is 1. The molecule has 5 rings (SSSR count). The van der Waals surface area contributed by atoms with E-state index >= 15 is 0 Å². The summed E-state index contributed by atoms with van der Waals surface area (Å²) in [4.78, 5) is 16.3. The normalized spacial score (nSPS) is 13.3. The highest BCUT2D eigenvalue weighted by Crippen LogP contribution is 2.41. The summed E-state index contributed by atoms with van der Waals surface area (Å²) >= 11 is 3.30. The minimum absolute atomic E-state index is 0.0872. The van der Waals surface area contributed by atoms with Gasteiger partial charge in [-0.3, -0.25) is 9.36 Å². The molecule has 1 aliphatic rings. The zero-order chi connectivity index (χ0) is 22.1. The van der Waals surface area contributed by atoms with E-state index in [9.17, 15) is 4.79 Å². The number of hydrogen-bond donors (Lipinski definition) is 1. The van der Waals surface area contributed by atoms with E-state index in [2.05, 4.69) is 56.7 Å². The lowest BCUT2D eigenvalue weighted by atomic mass is 10.2. The van der Waals surface area contributed by atoms with Crippen LogP contribution in [0.15, 0.2) is 59.1 Å². The van der Waals surface area contributed by atoms with Crippen LogP contribution in [-0.4, -0.2) is 25.7 Å². The standard InChI is InChI=1S/C24H23N5OS2/c1-15-6-8-18(9-7-15)23-26-20(13-31-23)14-32-24-28-27-22(17-10-11-17)29(24)21-5-3-4-19(12-21)25-16(2)30/h3-9,12-13,17H,10-11,14H2,1-2H3,(H,25,30). The zero-order valence-electron chi connectivity index (χ0n) is 17.9. The summed E-state index contributed by atoms with van der Waals surface area (Å²) in [6.45, 7) is 3.60. The van der Waals surface area contributed by atoms with Crippen LogP contribution in [0.2, 0.25) is 0 Å². The predicted octanol–water partition coefficient (Wildman–Crippen LogP) is 5.83. The van der Waals surface area contributed by atoms with Gasteiger partial charge in [0.1, 0.15) is 10.8 Å². The highest BCUT2D eigenvalue weighted by atomic mass is 32.2. The van der Waals surface area contributed by atoms with E-state index in [4.69, 9.17) is 4.98 Å². The molecule has 32 heavy (non-hydrogen) atoms. The molecule has 0 spiro atoms. The zero-order valence-corrected chi connectivity index (χ0v) is 19.5. The van der Waals surface area contributed by atoms with Gasteiger partial charge in [0.05, 0.1) is 11.4 Å².